The summed E-state index contributed by atoms with van der Waals surface area (Å²) in [5.74, 6) is -5.60. The number of halogens is 1. The van der Waals surface area contributed by atoms with Crippen molar-refractivity contribution in [2.24, 2.45) is 0 Å². The lowest BCUT2D eigenvalue weighted by Gasteiger charge is -2.31. The third-order valence-electron chi connectivity index (χ3n) is 3.44. The number of hydrogen-bond acceptors (Lipinski definition) is 8. The summed E-state index contributed by atoms with van der Waals surface area (Å²) in [6, 6.07) is 1.85. The summed E-state index contributed by atoms with van der Waals surface area (Å²) in [5, 5.41) is 19.2. The van der Waals surface area contributed by atoms with Crippen LogP contribution in [0.25, 0.3) is 0 Å². The Morgan fingerprint density at radius 1 is 1.20 bits per heavy atom. The van der Waals surface area contributed by atoms with Crippen molar-refractivity contribution in [1.82, 2.24) is 0 Å². The van der Waals surface area contributed by atoms with E-state index < -0.39 is 35.0 Å². The van der Waals surface area contributed by atoms with Crippen LogP contribution in [-0.4, -0.2) is 55.7 Å². The summed E-state index contributed by atoms with van der Waals surface area (Å²) < 4.78 is 28.1. The van der Waals surface area contributed by atoms with Crippen LogP contribution in [0.2, 0.25) is 0 Å². The molecule has 0 unspecified atom stereocenters. The smallest absolute Gasteiger partial charge is 0.355 e. The van der Waals surface area contributed by atoms with Gasteiger partial charge in [0.05, 0.1) is 32.1 Å². The predicted octanol–water partition coefficient (Wildman–Crippen LogP) is 0.624. The zero-order valence-electron chi connectivity index (χ0n) is 13.2. The van der Waals surface area contributed by atoms with Crippen molar-refractivity contribution in [2.45, 2.75) is 0 Å². The number of hydrogen-bond donors (Lipinski definition) is 2. The van der Waals surface area contributed by atoms with Gasteiger partial charge >= 0.3 is 17.9 Å². The fourth-order valence-electron chi connectivity index (χ4n) is 2.31. The SMILES string of the molecule is COC(=O)C1=C(C(=O)OC)N(c2ccc(F)c(C(=O)O)c2O)COC1. The number of carboxylic acid groups (broad SMARTS) is 1. The number of ether oxygens (including phenoxy) is 3. The fourth-order valence-corrected chi connectivity index (χ4v) is 2.31. The predicted molar refractivity (Wildman–Crippen MR) is 79.4 cm³/mol. The van der Waals surface area contributed by atoms with Crippen molar-refractivity contribution in [2.75, 3.05) is 32.5 Å². The first-order valence-electron chi connectivity index (χ1n) is 6.83. The van der Waals surface area contributed by atoms with Crippen molar-refractivity contribution < 1.29 is 43.2 Å². The van der Waals surface area contributed by atoms with E-state index in [2.05, 4.69) is 9.47 Å². The van der Waals surface area contributed by atoms with Gasteiger partial charge in [-0.25, -0.2) is 18.8 Å². The number of aromatic carboxylic acids is 1. The monoisotopic (exact) mass is 355 g/mol. The summed E-state index contributed by atoms with van der Waals surface area (Å²) in [6.07, 6.45) is 0. The molecule has 0 amide bonds. The summed E-state index contributed by atoms with van der Waals surface area (Å²) in [6.45, 7) is -0.579. The molecule has 2 rings (SSSR count). The molecule has 1 aromatic rings. The largest absolute Gasteiger partial charge is 0.505 e. The summed E-state index contributed by atoms with van der Waals surface area (Å²) in [7, 11) is 2.17. The van der Waals surface area contributed by atoms with Crippen LogP contribution < -0.4 is 4.90 Å². The average Bonchev–Trinajstić information content (AvgIpc) is 2.59. The second-order valence-electron chi connectivity index (χ2n) is 4.81. The van der Waals surface area contributed by atoms with E-state index in [4.69, 9.17) is 9.84 Å². The minimum absolute atomic E-state index is 0.193. The molecule has 0 aliphatic carbocycles. The fraction of sp³-hybridized carbons (Fsp3) is 0.267. The first-order valence-corrected chi connectivity index (χ1v) is 6.83. The van der Waals surface area contributed by atoms with Gasteiger partial charge in [0.1, 0.15) is 23.8 Å². The molecule has 0 saturated heterocycles. The Morgan fingerprint density at radius 3 is 2.40 bits per heavy atom. The molecule has 0 bridgehead atoms. The molecule has 1 aliphatic heterocycles. The average molecular weight is 355 g/mol. The molecule has 0 atom stereocenters. The maximum absolute atomic E-state index is 13.7. The Balaban J connectivity index is 2.68. The maximum Gasteiger partial charge on any atom is 0.355 e. The highest BCUT2D eigenvalue weighted by molar-refractivity contribution is 6.04. The van der Waals surface area contributed by atoms with Crippen LogP contribution in [0.15, 0.2) is 23.4 Å². The normalized spacial score (nSPS) is 14.3. The Bertz CT molecular complexity index is 773. The number of carbonyl (C=O) groups excluding carboxylic acids is 2. The van der Waals surface area contributed by atoms with Crippen molar-refractivity contribution >= 4 is 23.6 Å². The molecule has 0 fully saturated rings. The quantitative estimate of drug-likeness (QED) is 0.748. The second kappa shape index (κ2) is 7.18. The van der Waals surface area contributed by atoms with Crippen LogP contribution in [-0.2, 0) is 23.8 Å². The number of carbonyl (C=O) groups is 3. The number of aromatic hydroxyl groups is 1. The molecule has 0 radical (unpaired) electrons. The van der Waals surface area contributed by atoms with E-state index in [1.807, 2.05) is 0 Å². The van der Waals surface area contributed by atoms with E-state index in [1.54, 1.807) is 0 Å². The highest BCUT2D eigenvalue weighted by atomic mass is 19.1. The third kappa shape index (κ3) is 3.24. The van der Waals surface area contributed by atoms with Gasteiger partial charge in [-0.1, -0.05) is 0 Å². The van der Waals surface area contributed by atoms with Crippen molar-refractivity contribution in [3.63, 3.8) is 0 Å². The van der Waals surface area contributed by atoms with Crippen LogP contribution in [0.1, 0.15) is 10.4 Å². The Hall–Kier alpha value is -3.14. The van der Waals surface area contributed by atoms with Crippen molar-refractivity contribution in [3.8, 4) is 5.75 Å². The zero-order chi connectivity index (χ0) is 18.7. The lowest BCUT2D eigenvalue weighted by atomic mass is 10.1. The molecule has 1 heterocycles. The maximum atomic E-state index is 13.7. The molecule has 2 N–H and O–H groups in total. The van der Waals surface area contributed by atoms with Gasteiger partial charge in [-0.2, -0.15) is 0 Å². The zero-order valence-corrected chi connectivity index (χ0v) is 13.2. The van der Waals surface area contributed by atoms with Crippen LogP contribution >= 0.6 is 0 Å². The number of phenols is 1. The molecular formula is C15H14FNO8. The molecule has 9 nitrogen and oxygen atoms in total. The van der Waals surface area contributed by atoms with E-state index in [-0.39, 0.29) is 30.3 Å². The number of esters is 2. The van der Waals surface area contributed by atoms with E-state index in [9.17, 15) is 23.9 Å². The van der Waals surface area contributed by atoms with Gasteiger partial charge in [0.2, 0.25) is 0 Å². The minimum Gasteiger partial charge on any atom is -0.505 e. The van der Waals surface area contributed by atoms with E-state index in [1.165, 1.54) is 0 Å². The lowest BCUT2D eigenvalue weighted by molar-refractivity contribution is -0.140. The molecule has 134 valence electrons. The van der Waals surface area contributed by atoms with Crippen LogP contribution in [0, 0.1) is 5.82 Å². The van der Waals surface area contributed by atoms with Crippen molar-refractivity contribution in [3.05, 3.63) is 34.8 Å². The van der Waals surface area contributed by atoms with Crippen LogP contribution in [0.4, 0.5) is 10.1 Å². The molecule has 25 heavy (non-hydrogen) atoms. The first-order chi connectivity index (χ1) is 11.8. The first kappa shape index (κ1) is 18.2. The highest BCUT2D eigenvalue weighted by Gasteiger charge is 2.34. The topological polar surface area (TPSA) is 123 Å². The Kier molecular flexibility index (Phi) is 5.22. The van der Waals surface area contributed by atoms with Crippen LogP contribution in [0.5, 0.6) is 5.75 Å². The minimum atomic E-state index is -1.70. The number of rotatable bonds is 4. The van der Waals surface area contributed by atoms with Gasteiger partial charge in [-0.05, 0) is 12.1 Å². The van der Waals surface area contributed by atoms with Crippen LogP contribution in [0.3, 0.4) is 0 Å². The van der Waals surface area contributed by atoms with E-state index >= 15 is 0 Å². The second-order valence-corrected chi connectivity index (χ2v) is 4.81. The number of benzene rings is 1. The molecule has 0 spiro atoms. The molecule has 0 saturated carbocycles. The Labute approximate surface area is 140 Å². The van der Waals surface area contributed by atoms with Gasteiger partial charge in [-0.3, -0.25) is 0 Å². The highest BCUT2D eigenvalue weighted by Crippen LogP contribution is 2.37. The number of carboxylic acids is 1. The molecule has 0 aromatic heterocycles. The lowest BCUT2D eigenvalue weighted by Crippen LogP contribution is -2.39. The van der Waals surface area contributed by atoms with Gasteiger partial charge in [-0.15, -0.1) is 0 Å². The summed E-state index contributed by atoms with van der Waals surface area (Å²) >= 11 is 0. The molecular weight excluding hydrogens is 341 g/mol. The van der Waals surface area contributed by atoms with Gasteiger partial charge < -0.3 is 29.3 Å². The van der Waals surface area contributed by atoms with E-state index in [0.29, 0.717) is 0 Å². The van der Waals surface area contributed by atoms with Gasteiger partial charge in [0, 0.05) is 0 Å². The van der Waals surface area contributed by atoms with Gasteiger partial charge in [0.15, 0.2) is 5.75 Å². The number of nitrogens with zero attached hydrogens (tertiary/aromatic N) is 1. The Morgan fingerprint density at radius 2 is 1.84 bits per heavy atom. The standard InChI is InChI=1S/C15H14FNO8/c1-23-14(21)7-5-25-6-17(11(7)15(22)24-2)9-4-3-8(16)10(12(9)18)13(19)20/h3-4,18H,5-6H2,1-2H3,(H,19,20). The molecule has 1 aliphatic rings. The summed E-state index contributed by atoms with van der Waals surface area (Å²) in [5.41, 5.74) is -1.73. The molecule has 1 aromatic carbocycles. The van der Waals surface area contributed by atoms with Crippen molar-refractivity contribution in [1.29, 1.82) is 0 Å². The summed E-state index contributed by atoms with van der Waals surface area (Å²) in [4.78, 5) is 36.1. The van der Waals surface area contributed by atoms with E-state index in [0.717, 1.165) is 31.3 Å². The molecule has 10 heteroatoms. The number of methoxy groups -OCH3 is 2. The number of anilines is 1. The third-order valence-corrected chi connectivity index (χ3v) is 3.44. The van der Waals surface area contributed by atoms with Gasteiger partial charge in [0.25, 0.3) is 0 Å².